The van der Waals surface area contributed by atoms with E-state index in [0.29, 0.717) is 22.5 Å². The summed E-state index contributed by atoms with van der Waals surface area (Å²) in [5.41, 5.74) is 1.50. The maximum Gasteiger partial charge on any atom is 0.246 e. The van der Waals surface area contributed by atoms with E-state index in [2.05, 4.69) is 15.3 Å². The third kappa shape index (κ3) is 3.45. The molecule has 0 saturated heterocycles. The number of Topliss-reactive ketones (excluding diaryl/α,β-unsaturated/α-hetero) is 1. The zero-order valence-corrected chi connectivity index (χ0v) is 15.7. The van der Waals surface area contributed by atoms with Gasteiger partial charge in [-0.25, -0.2) is 9.97 Å². The second kappa shape index (κ2) is 6.97. The highest BCUT2D eigenvalue weighted by Gasteiger charge is 2.36. The number of nitrogens with one attached hydrogen (secondary N) is 1. The highest BCUT2D eigenvalue weighted by molar-refractivity contribution is 7.16. The van der Waals surface area contributed by atoms with Crippen molar-refractivity contribution in [3.8, 4) is 0 Å². The maximum absolute atomic E-state index is 12.3. The quantitative estimate of drug-likeness (QED) is 0.808. The first-order chi connectivity index (χ1) is 11.9. The predicted octanol–water partition coefficient (Wildman–Crippen LogP) is 2.64. The molecule has 0 bridgehead atoms. The van der Waals surface area contributed by atoms with Crippen LogP contribution >= 0.6 is 22.9 Å². The average molecular weight is 380 g/mol. The molecule has 0 aromatic carbocycles. The van der Waals surface area contributed by atoms with Gasteiger partial charge in [0.25, 0.3) is 0 Å². The number of rotatable bonds is 5. The Morgan fingerprint density at radius 3 is 2.96 bits per heavy atom. The molecule has 1 unspecified atom stereocenters. The number of halogens is 1. The lowest BCUT2D eigenvalue weighted by Crippen LogP contribution is -2.29. The summed E-state index contributed by atoms with van der Waals surface area (Å²) in [5, 5.41) is 3.26. The van der Waals surface area contributed by atoms with Crippen LogP contribution in [0, 0.1) is 0 Å². The van der Waals surface area contributed by atoms with Crippen LogP contribution in [0.1, 0.15) is 29.2 Å². The fourth-order valence-electron chi connectivity index (χ4n) is 2.56. The number of anilines is 2. The number of imidazole rings is 1. The van der Waals surface area contributed by atoms with Gasteiger partial charge in [0.1, 0.15) is 12.2 Å². The van der Waals surface area contributed by atoms with Gasteiger partial charge in [-0.2, -0.15) is 0 Å². The van der Waals surface area contributed by atoms with Crippen LogP contribution in [0.25, 0.3) is 6.08 Å². The van der Waals surface area contributed by atoms with Gasteiger partial charge in [0, 0.05) is 24.0 Å². The van der Waals surface area contributed by atoms with Crippen LogP contribution < -0.4 is 10.2 Å². The summed E-state index contributed by atoms with van der Waals surface area (Å²) in [6.07, 6.45) is 5.13. The Labute approximate surface area is 154 Å². The molecular formula is C16H18ClN5O2S. The molecule has 25 heavy (non-hydrogen) atoms. The number of likely N-dealkylation sites (N-methyl/N-ethyl adjacent to an activating group) is 1. The fourth-order valence-corrected chi connectivity index (χ4v) is 3.50. The molecular weight excluding hydrogens is 362 g/mol. The first-order valence-corrected chi connectivity index (χ1v) is 9.06. The van der Waals surface area contributed by atoms with E-state index in [1.807, 2.05) is 31.9 Å². The van der Waals surface area contributed by atoms with E-state index >= 15 is 0 Å². The molecule has 3 rings (SSSR count). The number of hydrogen-bond donors (Lipinski definition) is 1. The number of carbonyl (C=O) groups is 2. The van der Waals surface area contributed by atoms with Crippen LogP contribution in [-0.4, -0.2) is 45.2 Å². The molecule has 3 heterocycles. The summed E-state index contributed by atoms with van der Waals surface area (Å²) in [5.74, 6) is 0.783. The highest BCUT2D eigenvalue weighted by atomic mass is 35.5. The minimum atomic E-state index is -0.258. The molecule has 0 spiro atoms. The van der Waals surface area contributed by atoms with E-state index in [1.165, 1.54) is 17.7 Å². The molecule has 1 atom stereocenters. The Bertz CT molecular complexity index is 857. The Morgan fingerprint density at radius 1 is 1.48 bits per heavy atom. The molecule has 1 aliphatic rings. The lowest BCUT2D eigenvalue weighted by atomic mass is 10.2. The van der Waals surface area contributed by atoms with Gasteiger partial charge < -0.3 is 14.8 Å². The van der Waals surface area contributed by atoms with Gasteiger partial charge in [0.2, 0.25) is 11.7 Å². The van der Waals surface area contributed by atoms with Gasteiger partial charge in [0.05, 0.1) is 12.4 Å². The van der Waals surface area contributed by atoms with Crippen LogP contribution in [-0.2, 0) is 11.3 Å². The highest BCUT2D eigenvalue weighted by Crippen LogP contribution is 2.29. The molecule has 2 aromatic rings. The number of nitrogens with zero attached hydrogens (tertiary/aromatic N) is 4. The van der Waals surface area contributed by atoms with Crippen molar-refractivity contribution in [2.45, 2.75) is 26.4 Å². The maximum atomic E-state index is 12.3. The zero-order valence-electron chi connectivity index (χ0n) is 14.1. The Balaban J connectivity index is 1.69. The van der Waals surface area contributed by atoms with Crippen molar-refractivity contribution in [2.24, 2.45) is 0 Å². The molecule has 0 radical (unpaired) electrons. The standard InChI is InChI=1S/C16H18ClN5O2S/c1-9(5-17)4-11-6-18-16(25-11)20-12(23)7-22-8-19-15-13(22)14(24)10(2)21(15)3/h4,6,8,10H,5,7H2,1-3H3,(H,18,20,23)/b9-4-. The molecule has 0 fully saturated rings. The number of aromatic nitrogens is 3. The minimum Gasteiger partial charge on any atom is -0.348 e. The minimum absolute atomic E-state index is 0.0140. The molecule has 1 aliphatic heterocycles. The van der Waals surface area contributed by atoms with E-state index < -0.39 is 0 Å². The Morgan fingerprint density at radius 2 is 2.24 bits per heavy atom. The third-order valence-electron chi connectivity index (χ3n) is 4.03. The first-order valence-electron chi connectivity index (χ1n) is 7.71. The first kappa shape index (κ1) is 17.6. The van der Waals surface area contributed by atoms with Gasteiger partial charge >= 0.3 is 0 Å². The summed E-state index contributed by atoms with van der Waals surface area (Å²) in [4.78, 5) is 35.7. The number of amides is 1. The Kier molecular flexibility index (Phi) is 4.91. The van der Waals surface area contributed by atoms with Crippen molar-refractivity contribution in [1.82, 2.24) is 14.5 Å². The van der Waals surface area contributed by atoms with Gasteiger partial charge in [-0.3, -0.25) is 9.59 Å². The van der Waals surface area contributed by atoms with E-state index in [9.17, 15) is 9.59 Å². The molecule has 0 aliphatic carbocycles. The Hall–Kier alpha value is -2.19. The number of ketones is 1. The van der Waals surface area contributed by atoms with E-state index in [-0.39, 0.29) is 24.3 Å². The molecule has 132 valence electrons. The molecule has 1 N–H and O–H groups in total. The van der Waals surface area contributed by atoms with Crippen molar-refractivity contribution in [2.75, 3.05) is 23.1 Å². The number of fused-ring (bicyclic) bond motifs is 1. The van der Waals surface area contributed by atoms with Gasteiger partial charge in [-0.05, 0) is 19.9 Å². The third-order valence-corrected chi connectivity index (χ3v) is 5.31. The summed E-state index contributed by atoms with van der Waals surface area (Å²) >= 11 is 7.12. The lowest BCUT2D eigenvalue weighted by molar-refractivity contribution is -0.116. The zero-order chi connectivity index (χ0) is 18.1. The molecule has 2 aromatic heterocycles. The van der Waals surface area contributed by atoms with E-state index in [0.717, 1.165) is 10.5 Å². The lowest BCUT2D eigenvalue weighted by Gasteiger charge is -2.14. The molecule has 9 heteroatoms. The van der Waals surface area contributed by atoms with E-state index in [1.54, 1.807) is 10.8 Å². The van der Waals surface area contributed by atoms with Crippen molar-refractivity contribution in [3.05, 3.63) is 28.7 Å². The van der Waals surface area contributed by atoms with Gasteiger partial charge in [0.15, 0.2) is 10.9 Å². The normalized spacial score (nSPS) is 17.1. The second-order valence-corrected chi connectivity index (χ2v) is 7.27. The number of thiazole rings is 1. The summed E-state index contributed by atoms with van der Waals surface area (Å²) in [7, 11) is 1.82. The van der Waals surface area contributed by atoms with Crippen LogP contribution in [0.4, 0.5) is 10.9 Å². The van der Waals surface area contributed by atoms with Crippen LogP contribution in [0.15, 0.2) is 18.1 Å². The fraction of sp³-hybridized carbons (Fsp3) is 0.375. The number of carbonyl (C=O) groups excluding carboxylic acids is 2. The molecule has 7 nitrogen and oxygen atoms in total. The predicted molar refractivity (Wildman–Crippen MR) is 99.5 cm³/mol. The van der Waals surface area contributed by atoms with Crippen molar-refractivity contribution in [1.29, 1.82) is 0 Å². The van der Waals surface area contributed by atoms with Gasteiger partial charge in [-0.1, -0.05) is 16.9 Å². The number of alkyl halides is 1. The van der Waals surface area contributed by atoms with E-state index in [4.69, 9.17) is 11.6 Å². The number of allylic oxidation sites excluding steroid dienone is 1. The second-order valence-electron chi connectivity index (χ2n) is 5.94. The average Bonchev–Trinajstić information content (AvgIpc) is 3.24. The van der Waals surface area contributed by atoms with Crippen molar-refractivity contribution >= 4 is 51.7 Å². The van der Waals surface area contributed by atoms with Gasteiger partial charge in [-0.15, -0.1) is 11.6 Å². The topological polar surface area (TPSA) is 80.1 Å². The summed E-state index contributed by atoms with van der Waals surface area (Å²) in [6.45, 7) is 3.77. The van der Waals surface area contributed by atoms with Crippen LogP contribution in [0.5, 0.6) is 0 Å². The van der Waals surface area contributed by atoms with Crippen LogP contribution in [0.3, 0.4) is 0 Å². The monoisotopic (exact) mass is 379 g/mol. The summed E-state index contributed by atoms with van der Waals surface area (Å²) in [6, 6.07) is -0.258. The SMILES string of the molecule is C/C(=C/c1cnc(NC(=O)Cn2cnc3c2C(=O)C(C)N3C)s1)CCl. The van der Waals surface area contributed by atoms with Crippen molar-refractivity contribution < 1.29 is 9.59 Å². The molecule has 1 amide bonds. The van der Waals surface area contributed by atoms with Crippen LogP contribution in [0.2, 0.25) is 0 Å². The summed E-state index contributed by atoms with van der Waals surface area (Å²) < 4.78 is 1.58. The number of hydrogen-bond acceptors (Lipinski definition) is 6. The molecule has 0 saturated carbocycles. The van der Waals surface area contributed by atoms with Crippen molar-refractivity contribution in [3.63, 3.8) is 0 Å². The smallest absolute Gasteiger partial charge is 0.246 e. The largest absolute Gasteiger partial charge is 0.348 e.